The largest absolute Gasteiger partial charge is 0.507 e. The zero-order chi connectivity index (χ0) is 14.7. The lowest BCUT2D eigenvalue weighted by Crippen LogP contribution is -2.43. The fraction of sp³-hybridized carbons (Fsp3) is 0.562. The molecule has 1 saturated carbocycles. The van der Waals surface area contributed by atoms with Crippen molar-refractivity contribution in [3.05, 3.63) is 23.8 Å². The topological polar surface area (TPSA) is 58.6 Å². The lowest BCUT2D eigenvalue weighted by Gasteiger charge is -2.34. The van der Waals surface area contributed by atoms with Crippen LogP contribution in [0, 0.1) is 11.8 Å². The van der Waals surface area contributed by atoms with Crippen LogP contribution in [0.5, 0.6) is 11.5 Å². The second kappa shape index (κ2) is 6.16. The fourth-order valence-electron chi connectivity index (χ4n) is 2.86. The fourth-order valence-corrected chi connectivity index (χ4v) is 2.86. The predicted octanol–water partition coefficient (Wildman–Crippen LogP) is 2.96. The zero-order valence-electron chi connectivity index (χ0n) is 12.3. The molecule has 20 heavy (non-hydrogen) atoms. The summed E-state index contributed by atoms with van der Waals surface area (Å²) in [4.78, 5) is 12.3. The van der Waals surface area contributed by atoms with Gasteiger partial charge in [0.05, 0.1) is 12.7 Å². The van der Waals surface area contributed by atoms with Crippen LogP contribution in [0.25, 0.3) is 0 Å². The first-order chi connectivity index (χ1) is 9.52. The molecule has 2 N–H and O–H groups in total. The molecule has 0 bridgehead atoms. The molecule has 2 rings (SSSR count). The third-order valence-corrected chi connectivity index (χ3v) is 4.47. The Bertz CT molecular complexity index is 487. The Hall–Kier alpha value is -1.71. The number of aromatic hydroxyl groups is 1. The number of phenolic OH excluding ortho intramolecular Hbond substituents is 1. The Labute approximate surface area is 120 Å². The molecule has 0 radical (unpaired) electrons. The number of carbonyl (C=O) groups excluding carboxylic acids is 1. The summed E-state index contributed by atoms with van der Waals surface area (Å²) in [6, 6.07) is 4.87. The molecule has 1 amide bonds. The van der Waals surface area contributed by atoms with E-state index in [1.165, 1.54) is 12.5 Å². The lowest BCUT2D eigenvalue weighted by atomic mass is 9.78. The second-order valence-corrected chi connectivity index (χ2v) is 5.73. The molecule has 0 aromatic heterocycles. The third kappa shape index (κ3) is 3.06. The monoisotopic (exact) mass is 277 g/mol. The van der Waals surface area contributed by atoms with Crippen LogP contribution in [0.15, 0.2) is 18.2 Å². The SMILES string of the molecule is COc1ccc(O)c(C(=O)NC2CCCC(C)C2C)c1. The van der Waals surface area contributed by atoms with Crippen LogP contribution in [0.2, 0.25) is 0 Å². The summed E-state index contributed by atoms with van der Waals surface area (Å²) >= 11 is 0. The van der Waals surface area contributed by atoms with E-state index < -0.39 is 0 Å². The molecule has 0 saturated heterocycles. The van der Waals surface area contributed by atoms with Crippen LogP contribution in [0.3, 0.4) is 0 Å². The number of carbonyl (C=O) groups is 1. The standard InChI is InChI=1S/C16H23NO3/c1-10-5-4-6-14(11(10)2)17-16(19)13-9-12(20-3)7-8-15(13)18/h7-11,14,18H,4-6H2,1-3H3,(H,17,19). The van der Waals surface area contributed by atoms with Crippen LogP contribution in [0.1, 0.15) is 43.5 Å². The van der Waals surface area contributed by atoms with Crippen molar-refractivity contribution < 1.29 is 14.6 Å². The third-order valence-electron chi connectivity index (χ3n) is 4.47. The minimum absolute atomic E-state index is 0.0141. The smallest absolute Gasteiger partial charge is 0.255 e. The van der Waals surface area contributed by atoms with Crippen LogP contribution in [-0.2, 0) is 0 Å². The van der Waals surface area contributed by atoms with Gasteiger partial charge in [0, 0.05) is 6.04 Å². The number of benzene rings is 1. The Kier molecular flexibility index (Phi) is 4.53. The van der Waals surface area contributed by atoms with E-state index in [-0.39, 0.29) is 23.3 Å². The lowest BCUT2D eigenvalue weighted by molar-refractivity contribution is 0.0888. The summed E-state index contributed by atoms with van der Waals surface area (Å²) in [6.45, 7) is 4.41. The van der Waals surface area contributed by atoms with E-state index in [1.807, 2.05) is 0 Å². The number of hydrogen-bond donors (Lipinski definition) is 2. The molecule has 1 aliphatic rings. The van der Waals surface area contributed by atoms with Crippen LogP contribution in [-0.4, -0.2) is 24.2 Å². The zero-order valence-corrected chi connectivity index (χ0v) is 12.3. The average molecular weight is 277 g/mol. The van der Waals surface area contributed by atoms with Crippen LogP contribution in [0.4, 0.5) is 0 Å². The summed E-state index contributed by atoms with van der Waals surface area (Å²) in [5, 5.41) is 12.9. The minimum atomic E-state index is -0.229. The van der Waals surface area contributed by atoms with E-state index in [9.17, 15) is 9.90 Å². The molecule has 4 heteroatoms. The maximum atomic E-state index is 12.3. The van der Waals surface area contributed by atoms with Gasteiger partial charge in [0.15, 0.2) is 0 Å². The van der Waals surface area contributed by atoms with Crippen molar-refractivity contribution in [1.29, 1.82) is 0 Å². The molecule has 1 fully saturated rings. The van der Waals surface area contributed by atoms with E-state index >= 15 is 0 Å². The number of phenols is 1. The Morgan fingerprint density at radius 3 is 2.80 bits per heavy atom. The molecule has 0 heterocycles. The van der Waals surface area contributed by atoms with Crippen molar-refractivity contribution in [3.63, 3.8) is 0 Å². The number of amides is 1. The van der Waals surface area contributed by atoms with E-state index in [0.717, 1.165) is 12.8 Å². The molecular weight excluding hydrogens is 254 g/mol. The molecule has 0 aliphatic heterocycles. The van der Waals surface area contributed by atoms with Gasteiger partial charge in [-0.25, -0.2) is 0 Å². The maximum absolute atomic E-state index is 12.3. The first-order valence-corrected chi connectivity index (χ1v) is 7.20. The van der Waals surface area contributed by atoms with Gasteiger partial charge in [0.1, 0.15) is 11.5 Å². The first-order valence-electron chi connectivity index (χ1n) is 7.20. The molecule has 1 aromatic carbocycles. The second-order valence-electron chi connectivity index (χ2n) is 5.73. The van der Waals surface area contributed by atoms with Gasteiger partial charge in [-0.1, -0.05) is 26.7 Å². The molecular formula is C16H23NO3. The average Bonchev–Trinajstić information content (AvgIpc) is 2.44. The highest BCUT2D eigenvalue weighted by Gasteiger charge is 2.28. The van der Waals surface area contributed by atoms with Crippen molar-refractivity contribution in [1.82, 2.24) is 5.32 Å². The van der Waals surface area contributed by atoms with E-state index in [2.05, 4.69) is 19.2 Å². The van der Waals surface area contributed by atoms with Crippen molar-refractivity contribution in [3.8, 4) is 11.5 Å². The van der Waals surface area contributed by atoms with Crippen LogP contribution >= 0.6 is 0 Å². The number of ether oxygens (including phenoxy) is 1. The molecule has 3 atom stereocenters. The molecule has 1 aliphatic carbocycles. The summed E-state index contributed by atoms with van der Waals surface area (Å²) in [6.07, 6.45) is 3.36. The van der Waals surface area contributed by atoms with Gasteiger partial charge in [0.25, 0.3) is 5.91 Å². The van der Waals surface area contributed by atoms with Crippen LogP contribution < -0.4 is 10.1 Å². The Balaban J connectivity index is 2.11. The van der Waals surface area contributed by atoms with Gasteiger partial charge < -0.3 is 15.2 Å². The van der Waals surface area contributed by atoms with E-state index in [1.54, 1.807) is 19.2 Å². The Morgan fingerprint density at radius 1 is 1.35 bits per heavy atom. The first kappa shape index (κ1) is 14.7. The summed E-state index contributed by atoms with van der Waals surface area (Å²) in [5.41, 5.74) is 0.273. The van der Waals surface area contributed by atoms with E-state index in [0.29, 0.717) is 17.6 Å². The highest BCUT2D eigenvalue weighted by Crippen LogP contribution is 2.30. The van der Waals surface area contributed by atoms with Crippen molar-refractivity contribution in [2.75, 3.05) is 7.11 Å². The summed E-state index contributed by atoms with van der Waals surface area (Å²) in [5.74, 6) is 1.40. The van der Waals surface area contributed by atoms with Crippen molar-refractivity contribution >= 4 is 5.91 Å². The molecule has 110 valence electrons. The molecule has 1 aromatic rings. The highest BCUT2D eigenvalue weighted by molar-refractivity contribution is 5.97. The van der Waals surface area contributed by atoms with E-state index in [4.69, 9.17) is 4.74 Å². The molecule has 4 nitrogen and oxygen atoms in total. The molecule has 3 unspecified atom stereocenters. The van der Waals surface area contributed by atoms with Gasteiger partial charge in [-0.2, -0.15) is 0 Å². The van der Waals surface area contributed by atoms with Gasteiger partial charge in [-0.3, -0.25) is 4.79 Å². The van der Waals surface area contributed by atoms with Gasteiger partial charge in [-0.15, -0.1) is 0 Å². The maximum Gasteiger partial charge on any atom is 0.255 e. The number of hydrogen-bond acceptors (Lipinski definition) is 3. The van der Waals surface area contributed by atoms with Crippen molar-refractivity contribution in [2.45, 2.75) is 39.2 Å². The molecule has 0 spiro atoms. The number of methoxy groups -OCH3 is 1. The Morgan fingerprint density at radius 2 is 2.10 bits per heavy atom. The summed E-state index contributed by atoms with van der Waals surface area (Å²) < 4.78 is 5.10. The number of rotatable bonds is 3. The van der Waals surface area contributed by atoms with Gasteiger partial charge in [0.2, 0.25) is 0 Å². The minimum Gasteiger partial charge on any atom is -0.507 e. The number of nitrogens with one attached hydrogen (secondary N) is 1. The highest BCUT2D eigenvalue weighted by atomic mass is 16.5. The predicted molar refractivity (Wildman–Crippen MR) is 78.1 cm³/mol. The van der Waals surface area contributed by atoms with Crippen molar-refractivity contribution in [2.24, 2.45) is 11.8 Å². The van der Waals surface area contributed by atoms with Gasteiger partial charge >= 0.3 is 0 Å². The normalized spacial score (nSPS) is 26.1. The van der Waals surface area contributed by atoms with Gasteiger partial charge in [-0.05, 0) is 36.5 Å². The summed E-state index contributed by atoms with van der Waals surface area (Å²) in [7, 11) is 1.54. The quantitative estimate of drug-likeness (QED) is 0.893.